The molecule has 0 atom stereocenters. The van der Waals surface area contributed by atoms with Crippen molar-refractivity contribution in [2.24, 2.45) is 0 Å². The van der Waals surface area contributed by atoms with Gasteiger partial charge in [0, 0.05) is 0 Å². The fourth-order valence-corrected chi connectivity index (χ4v) is 15.0. The number of hydrogen-bond donors (Lipinski definition) is 0. The Hall–Kier alpha value is 0.104. The molecule has 0 rings (SSSR count). The highest BCUT2D eigenvalue weighted by Gasteiger charge is 2.40. The Labute approximate surface area is 168 Å². The summed E-state index contributed by atoms with van der Waals surface area (Å²) in [5.41, 5.74) is 0. The molecule has 0 aliphatic carbocycles. The van der Waals surface area contributed by atoms with Crippen molar-refractivity contribution in [3.8, 4) is 0 Å². The van der Waals surface area contributed by atoms with Gasteiger partial charge < -0.3 is 4.79 Å². The molecule has 0 aliphatic heterocycles. The summed E-state index contributed by atoms with van der Waals surface area (Å²) in [6.07, 6.45) is 19.0. The van der Waals surface area contributed by atoms with Crippen molar-refractivity contribution in [3.63, 3.8) is 0 Å². The van der Waals surface area contributed by atoms with Gasteiger partial charge in [-0.3, -0.25) is 0 Å². The smallest absolute Gasteiger partial charge is 0.120 e. The van der Waals surface area contributed by atoms with Gasteiger partial charge in [0.2, 0.25) is 0 Å². The van der Waals surface area contributed by atoms with Gasteiger partial charge in [-0.1, -0.05) is 142 Å². The van der Waals surface area contributed by atoms with Crippen LogP contribution in [0.3, 0.4) is 0 Å². The maximum absolute atomic E-state index is 13.2. The highest BCUT2D eigenvalue weighted by molar-refractivity contribution is 7.31. The van der Waals surface area contributed by atoms with Crippen LogP contribution in [-0.4, -0.2) is 21.2 Å². The Morgan fingerprint density at radius 2 is 0.769 bits per heavy atom. The SMILES string of the molecule is CCCCCCCCC[Si](C)(C)C(=O)[Si](C)(C)CCCCCCCCC. The fourth-order valence-electron chi connectivity index (χ4n) is 4.19. The summed E-state index contributed by atoms with van der Waals surface area (Å²) >= 11 is 0. The fraction of sp³-hybridized carbons (Fsp3) is 0.957. The van der Waals surface area contributed by atoms with Crippen LogP contribution in [0.25, 0.3) is 0 Å². The van der Waals surface area contributed by atoms with Crippen molar-refractivity contribution in [2.45, 2.75) is 142 Å². The molecule has 0 amide bonds. The molecule has 0 N–H and O–H groups in total. The van der Waals surface area contributed by atoms with Crippen molar-refractivity contribution in [2.75, 3.05) is 0 Å². The van der Waals surface area contributed by atoms with E-state index in [1.807, 2.05) is 0 Å². The Balaban J connectivity index is 4.03. The molecule has 0 unspecified atom stereocenters. The summed E-state index contributed by atoms with van der Waals surface area (Å²) in [6, 6.07) is 2.46. The van der Waals surface area contributed by atoms with Gasteiger partial charge in [0.05, 0.1) is 5.03 Å². The molecule has 0 aliphatic rings. The minimum absolute atomic E-state index is 0.766. The van der Waals surface area contributed by atoms with E-state index in [0.29, 0.717) is 0 Å². The maximum Gasteiger partial charge on any atom is 0.120 e. The lowest BCUT2D eigenvalue weighted by Gasteiger charge is -2.31. The maximum atomic E-state index is 13.2. The van der Waals surface area contributed by atoms with Crippen molar-refractivity contribution in [1.29, 1.82) is 0 Å². The number of carbonyl (C=O) groups is 1. The second-order valence-corrected chi connectivity index (χ2v) is 19.8. The van der Waals surface area contributed by atoms with Crippen LogP contribution < -0.4 is 0 Å². The first-order chi connectivity index (χ1) is 12.3. The van der Waals surface area contributed by atoms with Crippen molar-refractivity contribution < 1.29 is 4.79 Å². The average Bonchev–Trinajstić information content (AvgIpc) is 2.59. The predicted octanol–water partition coefficient (Wildman–Crippen LogP) is 9.19. The summed E-state index contributed by atoms with van der Waals surface area (Å²) in [4.78, 5) is 13.2. The minimum Gasteiger partial charge on any atom is -0.311 e. The van der Waals surface area contributed by atoms with Gasteiger partial charge in [-0.2, -0.15) is 0 Å². The lowest BCUT2D eigenvalue weighted by molar-refractivity contribution is 0.271. The Bertz CT molecular complexity index is 318. The first-order valence-corrected chi connectivity index (χ1v) is 18.2. The summed E-state index contributed by atoms with van der Waals surface area (Å²) in [5.74, 6) is 0. The van der Waals surface area contributed by atoms with E-state index in [2.05, 4.69) is 40.0 Å². The van der Waals surface area contributed by atoms with Crippen LogP contribution in [0, 0.1) is 0 Å². The first kappa shape index (κ1) is 26.1. The largest absolute Gasteiger partial charge is 0.311 e. The zero-order valence-corrected chi connectivity index (χ0v) is 21.2. The second kappa shape index (κ2) is 15.1. The van der Waals surface area contributed by atoms with Gasteiger partial charge in [-0.15, -0.1) is 0 Å². The highest BCUT2D eigenvalue weighted by atomic mass is 28.4. The molecule has 0 heterocycles. The highest BCUT2D eigenvalue weighted by Crippen LogP contribution is 2.27. The summed E-state index contributed by atoms with van der Waals surface area (Å²) < 4.78 is 0. The Kier molecular flexibility index (Phi) is 15.1. The standard InChI is InChI=1S/C23H50OSi2/c1-7-9-11-13-15-17-19-21-25(3,4)23(24)26(5,6)22-20-18-16-14-12-10-8-2/h7-22H2,1-6H3. The molecule has 0 aromatic rings. The molecule has 0 saturated heterocycles. The van der Waals surface area contributed by atoms with E-state index in [1.54, 1.807) is 0 Å². The number of hydrogen-bond acceptors (Lipinski definition) is 1. The first-order valence-electron chi connectivity index (χ1n) is 11.8. The number of carbonyl (C=O) groups excluding carboxylic acids is 1. The zero-order valence-electron chi connectivity index (χ0n) is 19.2. The molecule has 156 valence electrons. The van der Waals surface area contributed by atoms with E-state index in [0.717, 1.165) is 5.03 Å². The Morgan fingerprint density at radius 1 is 0.500 bits per heavy atom. The van der Waals surface area contributed by atoms with E-state index in [9.17, 15) is 4.79 Å². The van der Waals surface area contributed by atoms with Crippen LogP contribution in [0.5, 0.6) is 0 Å². The van der Waals surface area contributed by atoms with Crippen LogP contribution in [0.2, 0.25) is 38.3 Å². The second-order valence-electron chi connectivity index (χ2n) is 9.84. The van der Waals surface area contributed by atoms with E-state index in [-0.39, 0.29) is 0 Å². The Morgan fingerprint density at radius 3 is 1.08 bits per heavy atom. The molecule has 26 heavy (non-hydrogen) atoms. The van der Waals surface area contributed by atoms with Gasteiger partial charge in [0.15, 0.2) is 0 Å². The average molecular weight is 399 g/mol. The molecule has 0 aromatic heterocycles. The molecule has 0 bridgehead atoms. The number of unbranched alkanes of at least 4 members (excludes halogenated alkanes) is 12. The van der Waals surface area contributed by atoms with E-state index in [1.165, 1.54) is 102 Å². The number of rotatable bonds is 18. The van der Waals surface area contributed by atoms with Crippen LogP contribution in [0.4, 0.5) is 4.79 Å². The third-order valence-corrected chi connectivity index (χ3v) is 15.8. The van der Waals surface area contributed by atoms with Crippen molar-refractivity contribution in [1.82, 2.24) is 0 Å². The lowest BCUT2D eigenvalue weighted by atomic mass is 10.1. The van der Waals surface area contributed by atoms with Crippen LogP contribution in [0.15, 0.2) is 0 Å². The van der Waals surface area contributed by atoms with Gasteiger partial charge in [0.25, 0.3) is 0 Å². The van der Waals surface area contributed by atoms with Gasteiger partial charge in [-0.25, -0.2) is 0 Å². The summed E-state index contributed by atoms with van der Waals surface area (Å²) in [5, 5.41) is 0.766. The van der Waals surface area contributed by atoms with E-state index in [4.69, 9.17) is 0 Å². The lowest BCUT2D eigenvalue weighted by Crippen LogP contribution is -2.52. The molecule has 0 fully saturated rings. The van der Waals surface area contributed by atoms with Crippen molar-refractivity contribution in [3.05, 3.63) is 0 Å². The normalized spacial score (nSPS) is 12.5. The minimum atomic E-state index is -1.68. The predicted molar refractivity (Wildman–Crippen MR) is 126 cm³/mol. The van der Waals surface area contributed by atoms with Gasteiger partial charge >= 0.3 is 0 Å². The van der Waals surface area contributed by atoms with Crippen LogP contribution in [0.1, 0.15) is 104 Å². The third kappa shape index (κ3) is 12.5. The van der Waals surface area contributed by atoms with E-state index >= 15 is 0 Å². The summed E-state index contributed by atoms with van der Waals surface area (Å²) in [7, 11) is -3.36. The van der Waals surface area contributed by atoms with Crippen LogP contribution >= 0.6 is 0 Å². The third-order valence-electron chi connectivity index (χ3n) is 6.04. The molecule has 1 nitrogen and oxygen atoms in total. The molecule has 3 heteroatoms. The molecule has 0 saturated carbocycles. The van der Waals surface area contributed by atoms with Gasteiger partial charge in [-0.05, 0) is 0 Å². The van der Waals surface area contributed by atoms with Crippen LogP contribution in [-0.2, 0) is 0 Å². The van der Waals surface area contributed by atoms with E-state index < -0.39 is 16.1 Å². The van der Waals surface area contributed by atoms with Crippen molar-refractivity contribution >= 4 is 21.2 Å². The quantitative estimate of drug-likeness (QED) is 0.166. The molecule has 0 spiro atoms. The molecular formula is C23H50OSi2. The summed E-state index contributed by atoms with van der Waals surface area (Å²) in [6.45, 7) is 14.0. The molecule has 0 aromatic carbocycles. The zero-order chi connectivity index (χ0) is 19.9. The molecule has 0 radical (unpaired) electrons. The topological polar surface area (TPSA) is 17.1 Å². The monoisotopic (exact) mass is 398 g/mol. The molecular weight excluding hydrogens is 348 g/mol. The van der Waals surface area contributed by atoms with Gasteiger partial charge in [0.1, 0.15) is 16.1 Å².